The van der Waals surface area contributed by atoms with Gasteiger partial charge in [0.1, 0.15) is 0 Å². The molecule has 4 heteroatoms. The number of fused-ring (bicyclic) bond motifs is 1. The molecular weight excluding hydrogens is 394 g/mol. The Morgan fingerprint density at radius 2 is 1.68 bits per heavy atom. The maximum atomic E-state index is 9.38. The standard InChI is InChI=1S/C21H16BrNOS/c22-19-12-16(11-10-15(19)14-24)23-13-21(18-8-4-5-9-20(18)23)25-17-6-2-1-3-7-17/h1-13,24H,14H2. The van der Waals surface area contributed by atoms with Crippen LogP contribution in [0.1, 0.15) is 5.56 Å². The van der Waals surface area contributed by atoms with Gasteiger partial charge < -0.3 is 9.67 Å². The molecule has 3 aromatic carbocycles. The summed E-state index contributed by atoms with van der Waals surface area (Å²) in [4.78, 5) is 2.45. The Labute approximate surface area is 159 Å². The number of nitrogens with zero attached hydrogens (tertiary/aromatic N) is 1. The molecule has 0 aliphatic rings. The first-order valence-electron chi connectivity index (χ1n) is 7.99. The molecule has 0 amide bonds. The van der Waals surface area contributed by atoms with Gasteiger partial charge in [0.25, 0.3) is 0 Å². The molecule has 0 bridgehead atoms. The Bertz CT molecular complexity index is 1030. The van der Waals surface area contributed by atoms with Crippen molar-refractivity contribution in [3.63, 3.8) is 0 Å². The average molecular weight is 410 g/mol. The fourth-order valence-electron chi connectivity index (χ4n) is 2.87. The minimum atomic E-state index is 0.0302. The molecule has 1 aromatic heterocycles. The summed E-state index contributed by atoms with van der Waals surface area (Å²) in [6.45, 7) is 0.0302. The minimum absolute atomic E-state index is 0.0302. The highest BCUT2D eigenvalue weighted by Gasteiger charge is 2.11. The highest BCUT2D eigenvalue weighted by atomic mass is 79.9. The average Bonchev–Trinajstić information content (AvgIpc) is 3.01. The van der Waals surface area contributed by atoms with Crippen LogP contribution in [0.3, 0.4) is 0 Å². The Hall–Kier alpha value is -2.01. The fraction of sp³-hybridized carbons (Fsp3) is 0.0476. The van der Waals surface area contributed by atoms with Crippen LogP contribution in [-0.2, 0) is 6.61 Å². The van der Waals surface area contributed by atoms with Crippen molar-refractivity contribution in [2.45, 2.75) is 16.4 Å². The first-order valence-corrected chi connectivity index (χ1v) is 9.60. The Morgan fingerprint density at radius 3 is 2.44 bits per heavy atom. The lowest BCUT2D eigenvalue weighted by atomic mass is 10.2. The maximum Gasteiger partial charge on any atom is 0.0692 e. The summed E-state index contributed by atoms with van der Waals surface area (Å²) in [7, 11) is 0. The second kappa shape index (κ2) is 7.08. The fourth-order valence-corrected chi connectivity index (χ4v) is 4.35. The zero-order valence-corrected chi connectivity index (χ0v) is 15.8. The number of aliphatic hydroxyl groups excluding tert-OH is 1. The van der Waals surface area contributed by atoms with Crippen molar-refractivity contribution < 1.29 is 5.11 Å². The Morgan fingerprint density at radius 1 is 0.920 bits per heavy atom. The highest BCUT2D eigenvalue weighted by Crippen LogP contribution is 2.36. The third-order valence-electron chi connectivity index (χ3n) is 4.13. The van der Waals surface area contributed by atoms with Gasteiger partial charge in [0.15, 0.2) is 0 Å². The maximum absolute atomic E-state index is 9.38. The molecule has 0 atom stereocenters. The summed E-state index contributed by atoms with van der Waals surface area (Å²) in [5.41, 5.74) is 3.13. The number of hydrogen-bond donors (Lipinski definition) is 1. The predicted octanol–water partition coefficient (Wildman–Crippen LogP) is 6.04. The second-order valence-corrected chi connectivity index (χ2v) is 7.70. The van der Waals surface area contributed by atoms with E-state index in [9.17, 15) is 5.11 Å². The number of aliphatic hydroxyl groups is 1. The molecule has 0 unspecified atom stereocenters. The van der Waals surface area contributed by atoms with E-state index >= 15 is 0 Å². The predicted molar refractivity (Wildman–Crippen MR) is 107 cm³/mol. The molecule has 0 spiro atoms. The zero-order chi connectivity index (χ0) is 17.2. The van der Waals surface area contributed by atoms with E-state index in [1.807, 2.05) is 18.2 Å². The largest absolute Gasteiger partial charge is 0.392 e. The summed E-state index contributed by atoms with van der Waals surface area (Å²) in [6.07, 6.45) is 2.18. The molecule has 1 heterocycles. The molecule has 0 radical (unpaired) electrons. The number of aromatic nitrogens is 1. The van der Waals surface area contributed by atoms with Crippen LogP contribution in [0.2, 0.25) is 0 Å². The van der Waals surface area contributed by atoms with Gasteiger partial charge in [0.05, 0.1) is 12.1 Å². The van der Waals surface area contributed by atoms with Crippen LogP contribution in [0.5, 0.6) is 0 Å². The van der Waals surface area contributed by atoms with Crippen molar-refractivity contribution in [3.8, 4) is 5.69 Å². The third kappa shape index (κ3) is 3.25. The first kappa shape index (κ1) is 16.5. The quantitative estimate of drug-likeness (QED) is 0.444. The van der Waals surface area contributed by atoms with Crippen molar-refractivity contribution in [1.82, 2.24) is 4.57 Å². The Kier molecular flexibility index (Phi) is 4.66. The molecule has 0 aliphatic heterocycles. The summed E-state index contributed by atoms with van der Waals surface area (Å²) in [5.74, 6) is 0. The zero-order valence-electron chi connectivity index (χ0n) is 13.4. The van der Waals surface area contributed by atoms with Gasteiger partial charge in [0.2, 0.25) is 0 Å². The van der Waals surface area contributed by atoms with Gasteiger partial charge in [-0.2, -0.15) is 0 Å². The van der Waals surface area contributed by atoms with Gasteiger partial charge in [-0.25, -0.2) is 0 Å². The summed E-state index contributed by atoms with van der Waals surface area (Å²) < 4.78 is 3.12. The molecule has 1 N–H and O–H groups in total. The van der Waals surface area contributed by atoms with Gasteiger partial charge in [-0.1, -0.05) is 70.2 Å². The molecule has 0 fully saturated rings. The van der Waals surface area contributed by atoms with E-state index in [-0.39, 0.29) is 6.61 Å². The molecule has 4 aromatic rings. The van der Waals surface area contributed by atoms with Crippen molar-refractivity contribution in [2.24, 2.45) is 0 Å². The number of hydrogen-bond acceptors (Lipinski definition) is 2. The van der Waals surface area contributed by atoms with Crippen molar-refractivity contribution in [3.05, 3.63) is 89.0 Å². The molecule has 0 saturated heterocycles. The lowest BCUT2D eigenvalue weighted by Crippen LogP contribution is -1.94. The Balaban J connectivity index is 1.83. The van der Waals surface area contributed by atoms with E-state index in [1.165, 1.54) is 20.7 Å². The smallest absolute Gasteiger partial charge is 0.0692 e. The van der Waals surface area contributed by atoms with Crippen LogP contribution in [0, 0.1) is 0 Å². The van der Waals surface area contributed by atoms with Crippen LogP contribution < -0.4 is 0 Å². The van der Waals surface area contributed by atoms with E-state index in [0.29, 0.717) is 0 Å². The molecular formula is C21H16BrNOS. The highest BCUT2D eigenvalue weighted by molar-refractivity contribution is 9.10. The van der Waals surface area contributed by atoms with E-state index in [1.54, 1.807) is 11.8 Å². The SMILES string of the molecule is OCc1ccc(-n2cc(Sc3ccccc3)c3ccccc32)cc1Br. The molecule has 2 nitrogen and oxygen atoms in total. The van der Waals surface area contributed by atoms with Crippen molar-refractivity contribution in [2.75, 3.05) is 0 Å². The van der Waals surface area contributed by atoms with E-state index < -0.39 is 0 Å². The number of para-hydroxylation sites is 1. The lowest BCUT2D eigenvalue weighted by molar-refractivity contribution is 0.281. The van der Waals surface area contributed by atoms with Crippen LogP contribution in [0.4, 0.5) is 0 Å². The van der Waals surface area contributed by atoms with Gasteiger partial charge in [0, 0.05) is 31.5 Å². The summed E-state index contributed by atoms with van der Waals surface area (Å²) in [5, 5.41) is 10.6. The van der Waals surface area contributed by atoms with Gasteiger partial charge in [-0.05, 0) is 35.9 Å². The molecule has 25 heavy (non-hydrogen) atoms. The van der Waals surface area contributed by atoms with Crippen LogP contribution >= 0.6 is 27.7 Å². The van der Waals surface area contributed by atoms with Crippen molar-refractivity contribution >= 4 is 38.6 Å². The first-order chi connectivity index (χ1) is 12.3. The topological polar surface area (TPSA) is 25.2 Å². The molecule has 0 saturated carbocycles. The number of benzene rings is 3. The van der Waals surface area contributed by atoms with E-state index in [4.69, 9.17) is 0 Å². The van der Waals surface area contributed by atoms with Gasteiger partial charge in [-0.3, -0.25) is 0 Å². The summed E-state index contributed by atoms with van der Waals surface area (Å²) in [6, 6.07) is 24.9. The van der Waals surface area contributed by atoms with Gasteiger partial charge >= 0.3 is 0 Å². The van der Waals surface area contributed by atoms with E-state index in [0.717, 1.165) is 15.7 Å². The minimum Gasteiger partial charge on any atom is -0.392 e. The third-order valence-corrected chi connectivity index (χ3v) is 5.92. The number of halogens is 1. The molecule has 4 rings (SSSR count). The van der Waals surface area contributed by atoms with E-state index in [2.05, 4.69) is 81.3 Å². The van der Waals surface area contributed by atoms with Crippen molar-refractivity contribution in [1.29, 1.82) is 0 Å². The second-order valence-electron chi connectivity index (χ2n) is 5.73. The molecule has 0 aliphatic carbocycles. The van der Waals surface area contributed by atoms with Gasteiger partial charge in [-0.15, -0.1) is 0 Å². The summed E-state index contributed by atoms with van der Waals surface area (Å²) >= 11 is 5.32. The van der Waals surface area contributed by atoms with Crippen LogP contribution in [0.25, 0.3) is 16.6 Å². The lowest BCUT2D eigenvalue weighted by Gasteiger charge is -2.08. The normalized spacial score (nSPS) is 11.1. The van der Waals surface area contributed by atoms with Crippen LogP contribution in [-0.4, -0.2) is 9.67 Å². The monoisotopic (exact) mass is 409 g/mol. The van der Waals surface area contributed by atoms with Crippen LogP contribution in [0.15, 0.2) is 93.3 Å². The number of rotatable bonds is 4. The molecule has 124 valence electrons.